The highest BCUT2D eigenvalue weighted by molar-refractivity contribution is 6.71. The maximum absolute atomic E-state index is 11.9. The Kier molecular flexibility index (Phi) is 2.66. The van der Waals surface area contributed by atoms with Crippen molar-refractivity contribution < 1.29 is 14.0 Å². The molecule has 15 heavy (non-hydrogen) atoms. The third-order valence-electron chi connectivity index (χ3n) is 2.90. The van der Waals surface area contributed by atoms with Gasteiger partial charge in [0.1, 0.15) is 0 Å². The summed E-state index contributed by atoms with van der Waals surface area (Å²) in [7, 11) is -1.87. The van der Waals surface area contributed by atoms with E-state index in [0.717, 1.165) is 0 Å². The number of rotatable bonds is 3. The van der Waals surface area contributed by atoms with Crippen LogP contribution in [0.2, 0.25) is 19.6 Å². The molecule has 0 N–H and O–H groups in total. The maximum Gasteiger partial charge on any atom is 0.301 e. The van der Waals surface area contributed by atoms with Crippen molar-refractivity contribution in [1.82, 2.24) is 0 Å². The third kappa shape index (κ3) is 2.18. The van der Waals surface area contributed by atoms with Crippen LogP contribution in [-0.4, -0.2) is 25.9 Å². The van der Waals surface area contributed by atoms with Crippen LogP contribution in [0.15, 0.2) is 4.99 Å². The molecule has 2 atom stereocenters. The van der Waals surface area contributed by atoms with Crippen LogP contribution in [0.1, 0.15) is 20.3 Å². The van der Waals surface area contributed by atoms with Crippen molar-refractivity contribution in [2.24, 2.45) is 10.4 Å². The summed E-state index contributed by atoms with van der Waals surface area (Å²) in [6, 6.07) is 0. The van der Waals surface area contributed by atoms with Gasteiger partial charge in [-0.05, 0) is 39.9 Å². The topological polar surface area (TPSA) is 55.7 Å². The van der Waals surface area contributed by atoms with Crippen LogP contribution in [0, 0.1) is 5.41 Å². The van der Waals surface area contributed by atoms with E-state index in [1.807, 2.05) is 19.6 Å². The fourth-order valence-corrected chi connectivity index (χ4v) is 2.37. The minimum atomic E-state index is -1.87. The first-order valence-electron chi connectivity index (χ1n) is 4.97. The molecule has 84 valence electrons. The molecule has 0 radical (unpaired) electrons. The third-order valence-corrected chi connectivity index (χ3v) is 3.70. The Hall–Kier alpha value is -0.933. The number of hydrogen-bond donors (Lipinski definition) is 0. The zero-order valence-electron chi connectivity index (χ0n) is 9.88. The standard InChI is InChI=1S/C10H17NO3Si/c1-9(6-10(9,2)11-7-12)8(13)14-15(3,4)5/h6H2,1-5H3. The molecule has 0 heterocycles. The second-order valence-corrected chi connectivity index (χ2v) is 9.92. The Morgan fingerprint density at radius 2 is 1.93 bits per heavy atom. The van der Waals surface area contributed by atoms with Gasteiger partial charge in [0.2, 0.25) is 14.4 Å². The van der Waals surface area contributed by atoms with Gasteiger partial charge < -0.3 is 4.43 Å². The molecule has 0 aromatic rings. The summed E-state index contributed by atoms with van der Waals surface area (Å²) in [5.74, 6) is -0.233. The van der Waals surface area contributed by atoms with Gasteiger partial charge in [0.05, 0.1) is 11.0 Å². The number of isocyanates is 1. The first kappa shape index (κ1) is 12.1. The molecule has 0 spiro atoms. The van der Waals surface area contributed by atoms with Gasteiger partial charge in [-0.25, -0.2) is 4.79 Å². The summed E-state index contributed by atoms with van der Waals surface area (Å²) in [6.45, 7) is 9.44. The first-order valence-corrected chi connectivity index (χ1v) is 8.38. The summed E-state index contributed by atoms with van der Waals surface area (Å²) in [4.78, 5) is 25.8. The van der Waals surface area contributed by atoms with E-state index in [1.54, 1.807) is 13.8 Å². The average Bonchev–Trinajstić information content (AvgIpc) is 2.52. The zero-order chi connectivity index (χ0) is 11.9. The lowest BCUT2D eigenvalue weighted by Crippen LogP contribution is -2.35. The van der Waals surface area contributed by atoms with Crippen LogP contribution in [0.3, 0.4) is 0 Å². The summed E-state index contributed by atoms with van der Waals surface area (Å²) in [6.07, 6.45) is 2.09. The van der Waals surface area contributed by atoms with Gasteiger partial charge in [-0.1, -0.05) is 0 Å². The predicted molar refractivity (Wildman–Crippen MR) is 58.7 cm³/mol. The fourth-order valence-electron chi connectivity index (χ4n) is 1.59. The zero-order valence-corrected chi connectivity index (χ0v) is 10.9. The van der Waals surface area contributed by atoms with Gasteiger partial charge in [0, 0.05) is 0 Å². The molecule has 0 aromatic heterocycles. The van der Waals surface area contributed by atoms with Crippen molar-refractivity contribution in [3.05, 3.63) is 0 Å². The second-order valence-electron chi connectivity index (χ2n) is 5.49. The smallest absolute Gasteiger partial charge is 0.301 e. The lowest BCUT2D eigenvalue weighted by molar-refractivity contribution is -0.141. The molecular weight excluding hydrogens is 210 g/mol. The molecule has 2 unspecified atom stereocenters. The van der Waals surface area contributed by atoms with Gasteiger partial charge >= 0.3 is 5.97 Å². The van der Waals surface area contributed by atoms with E-state index in [1.165, 1.54) is 6.08 Å². The number of nitrogens with zero attached hydrogens (tertiary/aromatic N) is 1. The summed E-state index contributed by atoms with van der Waals surface area (Å²) < 4.78 is 5.42. The normalized spacial score (nSPS) is 34.2. The highest BCUT2D eigenvalue weighted by Gasteiger charge is 2.68. The molecule has 0 aromatic carbocycles. The molecule has 1 aliphatic rings. The van der Waals surface area contributed by atoms with Crippen LogP contribution in [-0.2, 0) is 14.0 Å². The van der Waals surface area contributed by atoms with E-state index in [9.17, 15) is 9.59 Å². The van der Waals surface area contributed by atoms with Crippen molar-refractivity contribution in [3.8, 4) is 0 Å². The molecule has 0 saturated heterocycles. The minimum Gasteiger partial charge on any atom is -0.519 e. The molecule has 1 saturated carbocycles. The molecule has 0 amide bonds. The van der Waals surface area contributed by atoms with Gasteiger partial charge in [0.25, 0.3) is 0 Å². The SMILES string of the molecule is CC1(N=C=O)CC1(C)C(=O)O[Si](C)(C)C. The lowest BCUT2D eigenvalue weighted by atomic mass is 10.0. The van der Waals surface area contributed by atoms with E-state index in [-0.39, 0.29) is 5.97 Å². The van der Waals surface area contributed by atoms with Crippen LogP contribution < -0.4 is 0 Å². The van der Waals surface area contributed by atoms with Crippen molar-refractivity contribution in [2.75, 3.05) is 0 Å². The van der Waals surface area contributed by atoms with Gasteiger partial charge in [-0.15, -0.1) is 0 Å². The maximum atomic E-state index is 11.9. The van der Waals surface area contributed by atoms with Crippen molar-refractivity contribution >= 4 is 20.4 Å². The van der Waals surface area contributed by atoms with Crippen molar-refractivity contribution in [2.45, 2.75) is 45.4 Å². The van der Waals surface area contributed by atoms with Crippen LogP contribution >= 0.6 is 0 Å². The number of hydrogen-bond acceptors (Lipinski definition) is 4. The summed E-state index contributed by atoms with van der Waals surface area (Å²) >= 11 is 0. The van der Waals surface area contributed by atoms with Gasteiger partial charge in [-0.3, -0.25) is 4.79 Å². The Morgan fingerprint density at radius 1 is 1.40 bits per heavy atom. The van der Waals surface area contributed by atoms with Crippen LogP contribution in [0.4, 0.5) is 0 Å². The van der Waals surface area contributed by atoms with E-state index in [0.29, 0.717) is 6.42 Å². The molecule has 5 heteroatoms. The van der Waals surface area contributed by atoms with Gasteiger partial charge in [0.15, 0.2) is 0 Å². The molecule has 1 aliphatic carbocycles. The number of carbonyl (C=O) groups is 1. The lowest BCUT2D eigenvalue weighted by Gasteiger charge is -2.21. The number of carbonyl (C=O) groups excluding carboxylic acids is 2. The van der Waals surface area contributed by atoms with Crippen molar-refractivity contribution in [1.29, 1.82) is 0 Å². The van der Waals surface area contributed by atoms with Crippen LogP contribution in [0.5, 0.6) is 0 Å². The number of aliphatic imine (C=N–C) groups is 1. The Morgan fingerprint density at radius 3 is 2.33 bits per heavy atom. The first-order chi connectivity index (χ1) is 6.65. The summed E-state index contributed by atoms with van der Waals surface area (Å²) in [5.41, 5.74) is -1.24. The Balaban J connectivity index is 2.76. The molecular formula is C10H17NO3Si. The second kappa shape index (κ2) is 3.28. The summed E-state index contributed by atoms with van der Waals surface area (Å²) in [5, 5.41) is 0. The van der Waals surface area contributed by atoms with Crippen LogP contribution in [0.25, 0.3) is 0 Å². The fraction of sp³-hybridized carbons (Fsp3) is 0.800. The quantitative estimate of drug-likeness (QED) is 0.420. The molecule has 1 rings (SSSR count). The van der Waals surface area contributed by atoms with Gasteiger partial charge in [-0.2, -0.15) is 4.99 Å². The predicted octanol–water partition coefficient (Wildman–Crippen LogP) is 1.87. The highest BCUT2D eigenvalue weighted by atomic mass is 28.4. The Labute approximate surface area is 90.9 Å². The molecule has 1 fully saturated rings. The molecule has 0 aliphatic heterocycles. The van der Waals surface area contributed by atoms with E-state index < -0.39 is 19.3 Å². The van der Waals surface area contributed by atoms with E-state index in [4.69, 9.17) is 4.43 Å². The largest absolute Gasteiger partial charge is 0.519 e. The average molecular weight is 227 g/mol. The molecule has 0 bridgehead atoms. The highest BCUT2D eigenvalue weighted by Crippen LogP contribution is 2.59. The molecule has 4 nitrogen and oxygen atoms in total. The van der Waals surface area contributed by atoms with E-state index >= 15 is 0 Å². The van der Waals surface area contributed by atoms with Crippen molar-refractivity contribution in [3.63, 3.8) is 0 Å². The van der Waals surface area contributed by atoms with E-state index in [2.05, 4.69) is 4.99 Å². The minimum absolute atomic E-state index is 0.233. The Bertz CT molecular complexity index is 343. The monoisotopic (exact) mass is 227 g/mol.